The highest BCUT2D eigenvalue weighted by molar-refractivity contribution is 7.47. The third-order valence-corrected chi connectivity index (χ3v) is 12.3. The summed E-state index contributed by atoms with van der Waals surface area (Å²) in [5, 5.41) is 0. The van der Waals surface area contributed by atoms with Crippen LogP contribution in [0.5, 0.6) is 0 Å². The zero-order valence-electron chi connectivity index (χ0n) is 39.5. The van der Waals surface area contributed by atoms with Gasteiger partial charge in [-0.15, -0.1) is 0 Å². The molecule has 0 aromatic heterocycles. The molecule has 1 N–H and O–H groups in total. The predicted octanol–water partition coefficient (Wildman–Crippen LogP) is 14.0. The van der Waals surface area contributed by atoms with Crippen molar-refractivity contribution in [2.24, 2.45) is 35.5 Å². The Morgan fingerprint density at radius 2 is 0.964 bits per heavy atom. The number of phosphoric ester groups is 1. The van der Waals surface area contributed by atoms with Gasteiger partial charge in [-0.1, -0.05) is 169 Å². The monoisotopic (exact) mass is 815 g/mol. The number of hydrogen-bond donors (Lipinski definition) is 1. The minimum absolute atomic E-state index is 0.0732. The predicted molar refractivity (Wildman–Crippen MR) is 242 cm³/mol. The summed E-state index contributed by atoms with van der Waals surface area (Å²) in [7, 11) is 1.83. The number of rotatable bonds is 38. The maximum atomic E-state index is 12.6. The Labute approximate surface area is 349 Å². The largest absolute Gasteiger partial charge is 0.472 e. The first-order valence-electron chi connectivity index (χ1n) is 23.2. The van der Waals surface area contributed by atoms with E-state index >= 15 is 0 Å². The number of phosphoric acid groups is 1. The van der Waals surface area contributed by atoms with Gasteiger partial charge >= 0.3 is 7.82 Å². The van der Waals surface area contributed by atoms with Crippen molar-refractivity contribution in [3.63, 3.8) is 0 Å². The van der Waals surface area contributed by atoms with Crippen LogP contribution < -0.4 is 0 Å². The Bertz CT molecular complexity index is 1040. The van der Waals surface area contributed by atoms with E-state index in [1.54, 1.807) is 0 Å². The van der Waals surface area contributed by atoms with Gasteiger partial charge in [0, 0.05) is 0 Å². The highest BCUT2D eigenvalue weighted by Crippen LogP contribution is 2.43. The molecule has 7 nitrogen and oxygen atoms in total. The molecule has 334 valence electrons. The van der Waals surface area contributed by atoms with Crippen molar-refractivity contribution in [3.8, 4) is 0 Å². The molecule has 0 aromatic rings. The van der Waals surface area contributed by atoms with Gasteiger partial charge in [0.05, 0.1) is 47.6 Å². The fourth-order valence-electron chi connectivity index (χ4n) is 7.13. The second-order valence-corrected chi connectivity index (χ2v) is 21.4. The Kier molecular flexibility index (Phi) is 32.9. The maximum Gasteiger partial charge on any atom is 0.472 e. The molecule has 0 saturated carbocycles. The van der Waals surface area contributed by atoms with Crippen LogP contribution in [0.4, 0.5) is 0 Å². The first-order valence-corrected chi connectivity index (χ1v) is 24.7. The number of nitrogens with zero attached hydrogens (tertiary/aromatic N) is 1. The molecule has 0 heterocycles. The summed E-state index contributed by atoms with van der Waals surface area (Å²) in [6.45, 7) is 25.1. The lowest BCUT2D eigenvalue weighted by Gasteiger charge is -2.24. The number of quaternary nitrogens is 1. The summed E-state index contributed by atoms with van der Waals surface area (Å²) in [5.74, 6) is 4.87. The topological polar surface area (TPSA) is 74.2 Å². The summed E-state index contributed by atoms with van der Waals surface area (Å²) in [4.78, 5) is 10.3. The molecule has 0 aliphatic carbocycles. The molecule has 0 rings (SSSR count). The fourth-order valence-corrected chi connectivity index (χ4v) is 7.88. The van der Waals surface area contributed by atoms with Gasteiger partial charge in [0.15, 0.2) is 0 Å². The van der Waals surface area contributed by atoms with Gasteiger partial charge in [-0.25, -0.2) is 4.57 Å². The Morgan fingerprint density at radius 3 is 1.38 bits per heavy atom. The smallest absolute Gasteiger partial charge is 0.375 e. The van der Waals surface area contributed by atoms with E-state index in [1.165, 1.54) is 114 Å². The van der Waals surface area contributed by atoms with Gasteiger partial charge in [-0.2, -0.15) is 0 Å². The van der Waals surface area contributed by atoms with Crippen molar-refractivity contribution < 1.29 is 32.5 Å². The molecule has 0 aromatic carbocycles. The van der Waals surface area contributed by atoms with Crippen molar-refractivity contribution >= 4 is 7.82 Å². The van der Waals surface area contributed by atoms with E-state index in [9.17, 15) is 9.46 Å². The summed E-state index contributed by atoms with van der Waals surface area (Å²) in [5.41, 5.74) is 2.65. The lowest BCUT2D eigenvalue weighted by atomic mass is 9.91. The third-order valence-electron chi connectivity index (χ3n) is 11.3. The minimum atomic E-state index is -4.20. The van der Waals surface area contributed by atoms with Gasteiger partial charge < -0.3 is 18.9 Å². The number of likely N-dealkylation sites (N-methyl/N-ethyl adjacent to an activating group) is 1. The van der Waals surface area contributed by atoms with Gasteiger partial charge in [0.2, 0.25) is 0 Å². The zero-order chi connectivity index (χ0) is 42.4. The van der Waals surface area contributed by atoms with E-state index in [4.69, 9.17) is 18.5 Å². The molecule has 0 radical (unpaired) electrons. The molecule has 0 fully saturated rings. The third kappa shape index (κ3) is 37.7. The SMILES string of the molecule is C/C(=C\COC[C@H](COP(=O)(O)OCC[N+](C)(C)C)OC/C=C(\C)CCCC(C)CCCC(C)CCCC(C)C)CCCC(C)CCCC(C)CCCC(C)C. The Balaban J connectivity index is 4.72. The number of ether oxygens (including phenoxy) is 2. The molecule has 56 heavy (non-hydrogen) atoms. The summed E-state index contributed by atoms with van der Waals surface area (Å²) in [6.07, 6.45) is 27.1. The van der Waals surface area contributed by atoms with Gasteiger partial charge in [0.1, 0.15) is 19.3 Å². The summed E-state index contributed by atoms with van der Waals surface area (Å²) < 4.78 is 36.0. The fraction of sp³-hybridized carbons (Fsp3) is 0.917. The highest BCUT2D eigenvalue weighted by atomic mass is 31.2. The van der Waals surface area contributed by atoms with Crippen LogP contribution in [-0.4, -0.2) is 76.2 Å². The van der Waals surface area contributed by atoms with Crippen LogP contribution in [0.1, 0.15) is 185 Å². The first-order chi connectivity index (χ1) is 26.3. The molecule has 5 unspecified atom stereocenters. The van der Waals surface area contributed by atoms with E-state index in [0.717, 1.165) is 48.3 Å². The van der Waals surface area contributed by atoms with Crippen molar-refractivity contribution in [3.05, 3.63) is 23.3 Å². The van der Waals surface area contributed by atoms with Crippen molar-refractivity contribution in [2.75, 3.05) is 60.7 Å². The molecule has 6 atom stereocenters. The van der Waals surface area contributed by atoms with Crippen LogP contribution in [-0.2, 0) is 23.1 Å². The quantitative estimate of drug-likeness (QED) is 0.0290. The second-order valence-electron chi connectivity index (χ2n) is 19.9. The molecular formula is C48H97NO6P+. The van der Waals surface area contributed by atoms with Crippen LogP contribution in [0.2, 0.25) is 0 Å². The average molecular weight is 815 g/mol. The standard InChI is InChI=1S/C48H96NO6P/c1-40(2)20-14-22-42(5)24-16-26-44(7)28-18-30-46(9)32-35-52-38-48(39-55-56(50,51)54-37-34-49(11,12)13)53-36-33-47(10)31-19-29-45(8)27-17-25-43(6)23-15-21-41(3)4/h32-33,40-45,48H,14-31,34-39H2,1-13H3/p+1/b46-32+,47-33+/t42?,43?,44?,45?,48-/m1/s1. The Hall–Kier alpha value is -0.530. The van der Waals surface area contributed by atoms with Crippen molar-refractivity contribution in [2.45, 2.75) is 191 Å². The van der Waals surface area contributed by atoms with Crippen LogP contribution >= 0.6 is 7.82 Å². The minimum Gasteiger partial charge on any atom is -0.375 e. The van der Waals surface area contributed by atoms with Crippen molar-refractivity contribution in [1.82, 2.24) is 0 Å². The number of allylic oxidation sites excluding steroid dienone is 2. The molecule has 8 heteroatoms. The Morgan fingerprint density at radius 1 is 0.571 bits per heavy atom. The second kappa shape index (κ2) is 33.2. The van der Waals surface area contributed by atoms with E-state index in [0.29, 0.717) is 24.2 Å². The van der Waals surface area contributed by atoms with E-state index in [2.05, 4.69) is 81.4 Å². The zero-order valence-corrected chi connectivity index (χ0v) is 40.4. The van der Waals surface area contributed by atoms with Crippen molar-refractivity contribution in [1.29, 1.82) is 0 Å². The molecule has 0 aliphatic heterocycles. The lowest BCUT2D eigenvalue weighted by molar-refractivity contribution is -0.870. The van der Waals surface area contributed by atoms with E-state index in [-0.39, 0.29) is 19.8 Å². The molecular weight excluding hydrogens is 718 g/mol. The summed E-state index contributed by atoms with van der Waals surface area (Å²) >= 11 is 0. The van der Waals surface area contributed by atoms with E-state index < -0.39 is 13.9 Å². The van der Waals surface area contributed by atoms with Gasteiger partial charge in [-0.3, -0.25) is 9.05 Å². The molecule has 0 spiro atoms. The maximum absolute atomic E-state index is 12.6. The van der Waals surface area contributed by atoms with Crippen LogP contribution in [0.3, 0.4) is 0 Å². The summed E-state index contributed by atoms with van der Waals surface area (Å²) in [6, 6.07) is 0. The molecule has 0 bridgehead atoms. The van der Waals surface area contributed by atoms with Crippen LogP contribution in [0, 0.1) is 35.5 Å². The number of hydrogen-bond acceptors (Lipinski definition) is 5. The van der Waals surface area contributed by atoms with Crippen LogP contribution in [0.25, 0.3) is 0 Å². The molecule has 0 aliphatic rings. The molecule has 0 saturated heterocycles. The first kappa shape index (κ1) is 55.5. The van der Waals surface area contributed by atoms with Crippen LogP contribution in [0.15, 0.2) is 23.3 Å². The lowest BCUT2D eigenvalue weighted by Crippen LogP contribution is -2.37. The average Bonchev–Trinajstić information content (AvgIpc) is 3.07. The van der Waals surface area contributed by atoms with E-state index in [1.807, 2.05) is 21.1 Å². The highest BCUT2D eigenvalue weighted by Gasteiger charge is 2.25. The van der Waals surface area contributed by atoms with Gasteiger partial charge in [-0.05, 0) is 75.0 Å². The van der Waals surface area contributed by atoms with Gasteiger partial charge in [0.25, 0.3) is 0 Å². The normalized spacial score (nSPS) is 17.0. The molecule has 0 amide bonds.